The number of carbonyl (C=O) groups is 1. The molecule has 0 bridgehead atoms. The van der Waals surface area contributed by atoms with Gasteiger partial charge in [0, 0.05) is 0 Å². The van der Waals surface area contributed by atoms with Crippen LogP contribution in [0, 0.1) is 0 Å². The van der Waals surface area contributed by atoms with E-state index in [0.717, 1.165) is 10.3 Å². The monoisotopic (exact) mass is 422 g/mol. The van der Waals surface area contributed by atoms with Gasteiger partial charge in [0.15, 0.2) is 13.2 Å². The van der Waals surface area contributed by atoms with Crippen molar-refractivity contribution in [2.24, 2.45) is 0 Å². The molecule has 0 radical (unpaired) electrons. The maximum atomic E-state index is 11.4. The Bertz CT molecular complexity index is 873. The fourth-order valence-corrected chi connectivity index (χ4v) is 2.87. The number of benzene rings is 1. The van der Waals surface area contributed by atoms with Gasteiger partial charge in [0.05, 0.1) is 22.8 Å². The lowest BCUT2D eigenvalue weighted by Crippen LogP contribution is -2.41. The SMILES string of the molecule is CCOC(=O)Cn1nnc(COc2ccc(B3OC(C)(C)C(C)(C)O3)cc2Cl)n1. The van der Waals surface area contributed by atoms with Gasteiger partial charge >= 0.3 is 13.1 Å². The van der Waals surface area contributed by atoms with Crippen LogP contribution in [0.4, 0.5) is 0 Å². The third kappa shape index (κ3) is 4.88. The molecule has 156 valence electrons. The van der Waals surface area contributed by atoms with Crippen molar-refractivity contribution in [2.75, 3.05) is 6.61 Å². The minimum Gasteiger partial charge on any atom is -0.484 e. The molecule has 1 fully saturated rings. The number of nitrogens with zero attached hydrogens (tertiary/aromatic N) is 4. The summed E-state index contributed by atoms with van der Waals surface area (Å²) in [4.78, 5) is 12.6. The van der Waals surface area contributed by atoms with E-state index in [1.807, 2.05) is 33.8 Å². The summed E-state index contributed by atoms with van der Waals surface area (Å²) in [5.74, 6) is 0.354. The largest absolute Gasteiger partial charge is 0.494 e. The number of halogens is 1. The summed E-state index contributed by atoms with van der Waals surface area (Å²) in [7, 11) is -0.504. The molecule has 1 saturated heterocycles. The van der Waals surface area contributed by atoms with Crippen LogP contribution in [0.2, 0.25) is 5.02 Å². The van der Waals surface area contributed by atoms with Gasteiger partial charge in [-0.15, -0.1) is 10.2 Å². The molecule has 9 nitrogen and oxygen atoms in total. The van der Waals surface area contributed by atoms with E-state index in [0.29, 0.717) is 23.2 Å². The number of rotatable bonds is 7. The first-order valence-electron chi connectivity index (χ1n) is 9.31. The lowest BCUT2D eigenvalue weighted by Gasteiger charge is -2.32. The summed E-state index contributed by atoms with van der Waals surface area (Å²) in [5, 5.41) is 12.1. The smallest absolute Gasteiger partial charge is 0.484 e. The van der Waals surface area contributed by atoms with Crippen molar-refractivity contribution >= 4 is 30.2 Å². The van der Waals surface area contributed by atoms with Crippen molar-refractivity contribution in [2.45, 2.75) is 59.0 Å². The Morgan fingerprint density at radius 2 is 1.93 bits per heavy atom. The zero-order valence-corrected chi connectivity index (χ0v) is 17.9. The van der Waals surface area contributed by atoms with Gasteiger partial charge in [-0.25, -0.2) is 4.79 Å². The van der Waals surface area contributed by atoms with E-state index in [4.69, 9.17) is 30.4 Å². The molecule has 3 rings (SSSR count). The number of esters is 1. The fraction of sp³-hybridized carbons (Fsp3) is 0.556. The zero-order chi connectivity index (χ0) is 21.2. The topological polar surface area (TPSA) is 97.6 Å². The number of hydrogen-bond acceptors (Lipinski definition) is 8. The van der Waals surface area contributed by atoms with Crippen molar-refractivity contribution in [3.8, 4) is 5.75 Å². The van der Waals surface area contributed by atoms with Crippen LogP contribution in [0.25, 0.3) is 0 Å². The zero-order valence-electron chi connectivity index (χ0n) is 17.1. The molecule has 11 heteroatoms. The van der Waals surface area contributed by atoms with Crippen molar-refractivity contribution in [1.29, 1.82) is 0 Å². The van der Waals surface area contributed by atoms with Crippen LogP contribution in [-0.2, 0) is 32.0 Å². The molecule has 0 unspecified atom stereocenters. The molecular weight excluding hydrogens is 398 g/mol. The van der Waals surface area contributed by atoms with E-state index in [1.165, 1.54) is 0 Å². The molecule has 1 aliphatic rings. The molecule has 29 heavy (non-hydrogen) atoms. The predicted molar refractivity (Wildman–Crippen MR) is 106 cm³/mol. The average Bonchev–Trinajstić information content (AvgIpc) is 3.15. The minimum absolute atomic E-state index is 0.0540. The molecule has 0 saturated carbocycles. The number of tetrazole rings is 1. The highest BCUT2D eigenvalue weighted by atomic mass is 35.5. The Balaban J connectivity index is 1.61. The van der Waals surface area contributed by atoms with Crippen LogP contribution in [0.5, 0.6) is 5.75 Å². The molecule has 1 aliphatic heterocycles. The maximum Gasteiger partial charge on any atom is 0.494 e. The van der Waals surface area contributed by atoms with Gasteiger partial charge in [-0.05, 0) is 57.4 Å². The van der Waals surface area contributed by atoms with Crippen molar-refractivity contribution in [3.05, 3.63) is 29.0 Å². The standard InChI is InChI=1S/C18H24BClN4O5/c1-6-26-16(25)10-24-22-15(21-23-24)11-27-14-8-7-12(9-13(14)20)19-28-17(2,3)18(4,5)29-19/h7-9H,6,10-11H2,1-5H3. The molecule has 0 N–H and O–H groups in total. The number of ether oxygens (including phenoxy) is 2. The van der Waals surface area contributed by atoms with E-state index >= 15 is 0 Å². The van der Waals surface area contributed by atoms with E-state index < -0.39 is 24.3 Å². The van der Waals surface area contributed by atoms with Crippen LogP contribution in [0.1, 0.15) is 40.4 Å². The molecule has 1 aromatic carbocycles. The maximum absolute atomic E-state index is 11.4. The highest BCUT2D eigenvalue weighted by Crippen LogP contribution is 2.37. The first-order chi connectivity index (χ1) is 13.6. The summed E-state index contributed by atoms with van der Waals surface area (Å²) in [6.45, 7) is 9.95. The molecule has 2 heterocycles. The first-order valence-corrected chi connectivity index (χ1v) is 9.69. The Labute approximate surface area is 174 Å². The van der Waals surface area contributed by atoms with Gasteiger partial charge in [-0.1, -0.05) is 17.7 Å². The lowest BCUT2D eigenvalue weighted by molar-refractivity contribution is -0.144. The Morgan fingerprint density at radius 1 is 1.24 bits per heavy atom. The quantitative estimate of drug-likeness (QED) is 0.492. The molecule has 0 aliphatic carbocycles. The fourth-order valence-electron chi connectivity index (χ4n) is 2.63. The summed E-state index contributed by atoms with van der Waals surface area (Å²) in [6, 6.07) is 5.34. The summed E-state index contributed by atoms with van der Waals surface area (Å²) in [6.07, 6.45) is 0. The highest BCUT2D eigenvalue weighted by Gasteiger charge is 2.51. The van der Waals surface area contributed by atoms with Gasteiger partial charge in [0.25, 0.3) is 0 Å². The van der Waals surface area contributed by atoms with Gasteiger partial charge in [-0.3, -0.25) is 0 Å². The van der Waals surface area contributed by atoms with E-state index in [9.17, 15) is 4.79 Å². The molecule has 2 aromatic rings. The van der Waals surface area contributed by atoms with Crippen LogP contribution < -0.4 is 10.2 Å². The van der Waals surface area contributed by atoms with Crippen LogP contribution in [0.15, 0.2) is 18.2 Å². The predicted octanol–water partition coefficient (Wildman–Crippen LogP) is 1.77. The van der Waals surface area contributed by atoms with Gasteiger partial charge in [0.2, 0.25) is 5.82 Å². The van der Waals surface area contributed by atoms with Crippen molar-refractivity contribution in [1.82, 2.24) is 20.2 Å². The van der Waals surface area contributed by atoms with Crippen LogP contribution in [0.3, 0.4) is 0 Å². The second-order valence-corrected chi connectivity index (χ2v) is 8.02. The number of hydrogen-bond donors (Lipinski definition) is 0. The van der Waals surface area contributed by atoms with Crippen molar-refractivity contribution in [3.63, 3.8) is 0 Å². The summed E-state index contributed by atoms with van der Waals surface area (Å²) >= 11 is 6.37. The second kappa shape index (κ2) is 8.29. The average molecular weight is 423 g/mol. The Morgan fingerprint density at radius 3 is 2.55 bits per heavy atom. The second-order valence-electron chi connectivity index (χ2n) is 7.61. The van der Waals surface area contributed by atoms with Gasteiger partial charge < -0.3 is 18.8 Å². The summed E-state index contributed by atoms with van der Waals surface area (Å²) < 4.78 is 22.6. The molecular formula is C18H24BClN4O5. The molecule has 0 amide bonds. The molecule has 0 atom stereocenters. The Hall–Kier alpha value is -2.17. The van der Waals surface area contributed by atoms with Gasteiger partial charge in [-0.2, -0.15) is 4.80 Å². The third-order valence-corrected chi connectivity index (χ3v) is 5.20. The normalized spacial score (nSPS) is 17.4. The lowest BCUT2D eigenvalue weighted by atomic mass is 9.79. The van der Waals surface area contributed by atoms with E-state index in [1.54, 1.807) is 19.1 Å². The molecule has 0 spiro atoms. The van der Waals surface area contributed by atoms with Crippen LogP contribution in [-0.4, -0.2) is 51.1 Å². The highest BCUT2D eigenvalue weighted by molar-refractivity contribution is 6.62. The van der Waals surface area contributed by atoms with Crippen LogP contribution >= 0.6 is 11.6 Å². The van der Waals surface area contributed by atoms with Gasteiger partial charge in [0.1, 0.15) is 5.75 Å². The number of carbonyl (C=O) groups excluding carboxylic acids is 1. The number of aromatic nitrogens is 4. The van der Waals surface area contributed by atoms with E-state index in [-0.39, 0.29) is 13.2 Å². The minimum atomic E-state index is -0.504. The summed E-state index contributed by atoms with van der Waals surface area (Å²) in [5.41, 5.74) is -0.0553. The molecule has 1 aromatic heterocycles. The van der Waals surface area contributed by atoms with Crippen molar-refractivity contribution < 1.29 is 23.6 Å². The third-order valence-electron chi connectivity index (χ3n) is 4.91. The van der Waals surface area contributed by atoms with E-state index in [2.05, 4.69) is 15.4 Å². The first kappa shape index (κ1) is 21.5. The Kier molecular flexibility index (Phi) is 6.16.